The Morgan fingerprint density at radius 1 is 1.06 bits per heavy atom. The zero-order chi connectivity index (χ0) is 22.7. The number of aromatic nitrogens is 2. The molecule has 0 saturated heterocycles. The van der Waals surface area contributed by atoms with Crippen LogP contribution in [0.4, 0.5) is 4.39 Å². The highest BCUT2D eigenvalue weighted by molar-refractivity contribution is 5.97. The summed E-state index contributed by atoms with van der Waals surface area (Å²) in [7, 11) is 0. The molecular formula is C24H26FN3O3. The number of nitrogens with zero attached hydrogens (tertiary/aromatic N) is 2. The Kier molecular flexibility index (Phi) is 6.53. The van der Waals surface area contributed by atoms with Crippen LogP contribution in [0.5, 0.6) is 0 Å². The van der Waals surface area contributed by atoms with E-state index in [0.717, 1.165) is 11.1 Å². The van der Waals surface area contributed by atoms with E-state index in [4.69, 9.17) is 4.74 Å². The number of nitrogens with one attached hydrogen (secondary N) is 1. The summed E-state index contributed by atoms with van der Waals surface area (Å²) >= 11 is 0. The zero-order valence-corrected chi connectivity index (χ0v) is 18.3. The summed E-state index contributed by atoms with van der Waals surface area (Å²) in [5.74, 6) is -1.29. The third kappa shape index (κ3) is 4.82. The number of hydrogen-bond donors (Lipinski definition) is 1. The molecule has 162 valence electrons. The molecule has 1 aromatic heterocycles. The van der Waals surface area contributed by atoms with Crippen LogP contribution in [0.1, 0.15) is 51.4 Å². The first-order valence-corrected chi connectivity index (χ1v) is 10.1. The molecule has 0 aliphatic heterocycles. The summed E-state index contributed by atoms with van der Waals surface area (Å²) in [6, 6.07) is 10.4. The maximum Gasteiger partial charge on any atom is 0.333 e. The first-order valence-electron chi connectivity index (χ1n) is 10.1. The Bertz CT molecular complexity index is 1100. The molecule has 0 saturated carbocycles. The second kappa shape index (κ2) is 9.12. The summed E-state index contributed by atoms with van der Waals surface area (Å²) in [6.45, 7) is 9.27. The molecule has 3 rings (SSSR count). The quantitative estimate of drug-likeness (QED) is 0.601. The lowest BCUT2D eigenvalue weighted by Crippen LogP contribution is -2.35. The summed E-state index contributed by atoms with van der Waals surface area (Å²) in [5.41, 5.74) is 4.80. The molecule has 0 spiro atoms. The van der Waals surface area contributed by atoms with Crippen LogP contribution in [0, 0.1) is 33.5 Å². The molecule has 0 bridgehead atoms. The summed E-state index contributed by atoms with van der Waals surface area (Å²) in [6.07, 6.45) is 0. The highest BCUT2D eigenvalue weighted by Crippen LogP contribution is 2.26. The molecule has 6 nitrogen and oxygen atoms in total. The lowest BCUT2D eigenvalue weighted by molar-refractivity contribution is -0.145. The van der Waals surface area contributed by atoms with Crippen molar-refractivity contribution in [1.82, 2.24) is 15.1 Å². The van der Waals surface area contributed by atoms with Crippen LogP contribution in [0.2, 0.25) is 0 Å². The molecule has 0 fully saturated rings. The van der Waals surface area contributed by atoms with E-state index >= 15 is 0 Å². The molecule has 2 aromatic carbocycles. The monoisotopic (exact) mass is 423 g/mol. The van der Waals surface area contributed by atoms with Crippen LogP contribution in [0.15, 0.2) is 42.5 Å². The van der Waals surface area contributed by atoms with Crippen LogP contribution in [-0.2, 0) is 9.53 Å². The fourth-order valence-corrected chi connectivity index (χ4v) is 3.70. The SMILES string of the molecule is CCOC(=O)C(NC(=O)c1cc(C)cc(C)c1)c1c(C)nn(-c2ccc(F)cc2)c1C. The van der Waals surface area contributed by atoms with Crippen molar-refractivity contribution in [3.05, 3.63) is 81.9 Å². The van der Waals surface area contributed by atoms with Crippen molar-refractivity contribution < 1.29 is 18.7 Å². The van der Waals surface area contributed by atoms with E-state index in [1.54, 1.807) is 49.7 Å². The van der Waals surface area contributed by atoms with Gasteiger partial charge < -0.3 is 10.1 Å². The maximum absolute atomic E-state index is 13.3. The zero-order valence-electron chi connectivity index (χ0n) is 18.3. The van der Waals surface area contributed by atoms with Gasteiger partial charge in [-0.15, -0.1) is 0 Å². The molecule has 0 aliphatic carbocycles. The van der Waals surface area contributed by atoms with Crippen molar-refractivity contribution in [2.75, 3.05) is 6.61 Å². The number of ether oxygens (including phenoxy) is 1. The molecule has 1 heterocycles. The molecule has 1 amide bonds. The number of esters is 1. The number of aryl methyl sites for hydroxylation is 3. The number of carbonyl (C=O) groups is 2. The second-order valence-corrected chi connectivity index (χ2v) is 7.51. The van der Waals surface area contributed by atoms with Crippen molar-refractivity contribution in [1.29, 1.82) is 0 Å². The maximum atomic E-state index is 13.3. The first kappa shape index (κ1) is 22.2. The van der Waals surface area contributed by atoms with Crippen LogP contribution < -0.4 is 5.32 Å². The van der Waals surface area contributed by atoms with Crippen LogP contribution in [0.25, 0.3) is 5.69 Å². The van der Waals surface area contributed by atoms with Crippen molar-refractivity contribution in [3.63, 3.8) is 0 Å². The third-order valence-corrected chi connectivity index (χ3v) is 4.99. The number of hydrogen-bond acceptors (Lipinski definition) is 4. The van der Waals surface area contributed by atoms with Gasteiger partial charge in [0.05, 0.1) is 18.0 Å². The number of amides is 1. The van der Waals surface area contributed by atoms with Crippen molar-refractivity contribution in [3.8, 4) is 5.69 Å². The van der Waals surface area contributed by atoms with Crippen molar-refractivity contribution in [2.24, 2.45) is 0 Å². The summed E-state index contributed by atoms with van der Waals surface area (Å²) < 4.78 is 20.2. The Morgan fingerprint density at radius 2 is 1.68 bits per heavy atom. The molecule has 1 unspecified atom stereocenters. The predicted molar refractivity (Wildman–Crippen MR) is 116 cm³/mol. The van der Waals surface area contributed by atoms with E-state index in [1.807, 2.05) is 19.9 Å². The molecule has 3 aromatic rings. The molecule has 0 aliphatic rings. The van der Waals surface area contributed by atoms with E-state index in [1.165, 1.54) is 12.1 Å². The highest BCUT2D eigenvalue weighted by Gasteiger charge is 2.31. The van der Waals surface area contributed by atoms with Gasteiger partial charge in [0, 0.05) is 16.8 Å². The molecule has 1 atom stereocenters. The minimum Gasteiger partial charge on any atom is -0.464 e. The minimum atomic E-state index is -1.03. The minimum absolute atomic E-state index is 0.180. The average molecular weight is 423 g/mol. The molecular weight excluding hydrogens is 397 g/mol. The van der Waals surface area contributed by atoms with Gasteiger partial charge in [0.25, 0.3) is 5.91 Å². The van der Waals surface area contributed by atoms with Gasteiger partial charge in [-0.3, -0.25) is 4.79 Å². The number of benzene rings is 2. The predicted octanol–water partition coefficient (Wildman–Crippen LogP) is 4.28. The first-order chi connectivity index (χ1) is 14.7. The van der Waals surface area contributed by atoms with Gasteiger partial charge in [0.15, 0.2) is 6.04 Å². The van der Waals surface area contributed by atoms with Gasteiger partial charge in [-0.2, -0.15) is 5.10 Å². The van der Waals surface area contributed by atoms with E-state index in [-0.39, 0.29) is 18.3 Å². The van der Waals surface area contributed by atoms with Gasteiger partial charge in [-0.05, 0) is 71.0 Å². The van der Waals surface area contributed by atoms with Crippen molar-refractivity contribution in [2.45, 2.75) is 40.7 Å². The Labute approximate surface area is 181 Å². The number of halogens is 1. The molecule has 1 N–H and O–H groups in total. The van der Waals surface area contributed by atoms with Crippen LogP contribution >= 0.6 is 0 Å². The topological polar surface area (TPSA) is 73.2 Å². The van der Waals surface area contributed by atoms with Gasteiger partial charge in [-0.1, -0.05) is 17.2 Å². The standard InChI is InChI=1S/C24H26FN3O3/c1-6-31-24(30)22(26-23(29)18-12-14(2)11-15(3)13-18)21-16(4)27-28(17(21)5)20-9-7-19(25)8-10-20/h7-13,22H,6H2,1-5H3,(H,26,29). The van der Waals surface area contributed by atoms with E-state index in [2.05, 4.69) is 10.4 Å². The Balaban J connectivity index is 2.02. The van der Waals surface area contributed by atoms with Gasteiger partial charge in [0.2, 0.25) is 0 Å². The number of rotatable bonds is 6. The van der Waals surface area contributed by atoms with Crippen LogP contribution in [0.3, 0.4) is 0 Å². The largest absolute Gasteiger partial charge is 0.464 e. The van der Waals surface area contributed by atoms with Crippen LogP contribution in [-0.4, -0.2) is 28.3 Å². The highest BCUT2D eigenvalue weighted by atomic mass is 19.1. The van der Waals surface area contributed by atoms with Gasteiger partial charge in [-0.25, -0.2) is 13.9 Å². The fourth-order valence-electron chi connectivity index (χ4n) is 3.70. The molecule has 0 radical (unpaired) electrons. The van der Waals surface area contributed by atoms with Crippen molar-refractivity contribution >= 4 is 11.9 Å². The lowest BCUT2D eigenvalue weighted by atomic mass is 10.0. The Hall–Kier alpha value is -3.48. The van der Waals surface area contributed by atoms with E-state index < -0.39 is 12.0 Å². The molecule has 31 heavy (non-hydrogen) atoms. The summed E-state index contributed by atoms with van der Waals surface area (Å²) in [4.78, 5) is 25.8. The van der Waals surface area contributed by atoms with E-state index in [0.29, 0.717) is 28.2 Å². The third-order valence-electron chi connectivity index (χ3n) is 4.99. The fraction of sp³-hybridized carbons (Fsp3) is 0.292. The number of carbonyl (C=O) groups excluding carboxylic acids is 2. The van der Waals surface area contributed by atoms with Gasteiger partial charge >= 0.3 is 5.97 Å². The van der Waals surface area contributed by atoms with E-state index in [9.17, 15) is 14.0 Å². The average Bonchev–Trinajstić information content (AvgIpc) is 3.00. The van der Waals surface area contributed by atoms with Gasteiger partial charge in [0.1, 0.15) is 5.82 Å². The second-order valence-electron chi connectivity index (χ2n) is 7.51. The smallest absolute Gasteiger partial charge is 0.333 e. The Morgan fingerprint density at radius 3 is 2.26 bits per heavy atom. The lowest BCUT2D eigenvalue weighted by Gasteiger charge is -2.19. The molecule has 7 heteroatoms. The normalized spacial score (nSPS) is 11.8. The summed E-state index contributed by atoms with van der Waals surface area (Å²) in [5, 5.41) is 7.33.